The lowest BCUT2D eigenvalue weighted by Crippen LogP contribution is -2.22. The summed E-state index contributed by atoms with van der Waals surface area (Å²) in [6.45, 7) is 6.87. The number of ether oxygens (including phenoxy) is 1. The summed E-state index contributed by atoms with van der Waals surface area (Å²) in [5.41, 5.74) is 5.63. The number of hydrogen-bond donors (Lipinski definition) is 1. The summed E-state index contributed by atoms with van der Waals surface area (Å²) in [5.74, 6) is 0.746. The average Bonchev–Trinajstić information content (AvgIpc) is 2.24. The highest BCUT2D eigenvalue weighted by atomic mass is 16.5. The first-order valence-electron chi connectivity index (χ1n) is 5.92. The van der Waals surface area contributed by atoms with Crippen LogP contribution in [0.5, 0.6) is 6.01 Å². The van der Waals surface area contributed by atoms with Crippen LogP contribution in [0.1, 0.15) is 33.6 Å². The van der Waals surface area contributed by atoms with E-state index in [4.69, 9.17) is 10.5 Å². The Kier molecular flexibility index (Phi) is 4.93. The molecule has 0 bridgehead atoms. The fourth-order valence-corrected chi connectivity index (χ4v) is 1.29. The number of unbranched alkanes of at least 4 members (excludes halogenated alkanes) is 1. The maximum Gasteiger partial charge on any atom is 0.323 e. The first-order chi connectivity index (χ1) is 8.02. The van der Waals surface area contributed by atoms with Crippen LogP contribution in [-0.4, -0.2) is 34.6 Å². The second kappa shape index (κ2) is 6.22. The van der Waals surface area contributed by atoms with Crippen LogP contribution in [-0.2, 0) is 0 Å². The van der Waals surface area contributed by atoms with Crippen LogP contribution in [0.4, 0.5) is 11.9 Å². The van der Waals surface area contributed by atoms with E-state index in [0.717, 1.165) is 19.4 Å². The van der Waals surface area contributed by atoms with E-state index >= 15 is 0 Å². The van der Waals surface area contributed by atoms with E-state index in [1.54, 1.807) is 0 Å². The molecule has 1 heterocycles. The fraction of sp³-hybridized carbons (Fsp3) is 0.727. The standard InChI is InChI=1S/C11H21N5O/c1-5-6-7-16(4)10-13-9(12)14-11(15-10)17-8(2)3/h8H,5-7H2,1-4H3,(H2,12,13,14,15). The highest BCUT2D eigenvalue weighted by Gasteiger charge is 2.10. The van der Waals surface area contributed by atoms with Crippen LogP contribution >= 0.6 is 0 Å². The second-order valence-corrected chi connectivity index (χ2v) is 4.22. The summed E-state index contributed by atoms with van der Waals surface area (Å²) in [5, 5.41) is 0. The zero-order chi connectivity index (χ0) is 12.8. The summed E-state index contributed by atoms with van der Waals surface area (Å²) in [4.78, 5) is 14.2. The van der Waals surface area contributed by atoms with Gasteiger partial charge in [0, 0.05) is 13.6 Å². The summed E-state index contributed by atoms with van der Waals surface area (Å²) < 4.78 is 5.42. The minimum atomic E-state index is 0.0191. The summed E-state index contributed by atoms with van der Waals surface area (Å²) in [6.07, 6.45) is 2.23. The lowest BCUT2D eigenvalue weighted by molar-refractivity contribution is 0.222. The lowest BCUT2D eigenvalue weighted by atomic mass is 10.3. The number of rotatable bonds is 6. The Balaban J connectivity index is 2.81. The van der Waals surface area contributed by atoms with E-state index in [9.17, 15) is 0 Å². The maximum atomic E-state index is 5.63. The number of anilines is 2. The Morgan fingerprint density at radius 3 is 2.59 bits per heavy atom. The van der Waals surface area contributed by atoms with Crippen LogP contribution in [0.25, 0.3) is 0 Å². The van der Waals surface area contributed by atoms with Crippen LogP contribution in [0.3, 0.4) is 0 Å². The lowest BCUT2D eigenvalue weighted by Gasteiger charge is -2.17. The van der Waals surface area contributed by atoms with Crippen LogP contribution in [0.2, 0.25) is 0 Å². The predicted octanol–water partition coefficient (Wildman–Crippen LogP) is 1.48. The van der Waals surface area contributed by atoms with Crippen molar-refractivity contribution in [3.8, 4) is 6.01 Å². The number of aromatic nitrogens is 3. The molecule has 6 heteroatoms. The molecule has 0 unspecified atom stereocenters. The van der Waals surface area contributed by atoms with Crippen molar-refractivity contribution in [3.05, 3.63) is 0 Å². The Bertz CT molecular complexity index is 356. The van der Waals surface area contributed by atoms with Crippen molar-refractivity contribution in [1.82, 2.24) is 15.0 Å². The van der Waals surface area contributed by atoms with Gasteiger partial charge in [0.05, 0.1) is 6.10 Å². The van der Waals surface area contributed by atoms with Crippen molar-refractivity contribution in [2.75, 3.05) is 24.2 Å². The summed E-state index contributed by atoms with van der Waals surface area (Å²) in [6, 6.07) is 0.283. The van der Waals surface area contributed by atoms with Gasteiger partial charge in [-0.15, -0.1) is 0 Å². The van der Waals surface area contributed by atoms with Crippen molar-refractivity contribution in [2.45, 2.75) is 39.7 Å². The molecule has 2 N–H and O–H groups in total. The Morgan fingerprint density at radius 1 is 1.29 bits per heavy atom. The monoisotopic (exact) mass is 239 g/mol. The average molecular weight is 239 g/mol. The van der Waals surface area contributed by atoms with E-state index < -0.39 is 0 Å². The molecule has 0 aliphatic carbocycles. The molecule has 1 rings (SSSR count). The topological polar surface area (TPSA) is 77.2 Å². The molecule has 0 aromatic carbocycles. The molecule has 0 saturated heterocycles. The quantitative estimate of drug-likeness (QED) is 0.810. The molecule has 17 heavy (non-hydrogen) atoms. The van der Waals surface area contributed by atoms with Gasteiger partial charge in [0.1, 0.15) is 0 Å². The molecule has 0 aliphatic heterocycles. The minimum Gasteiger partial charge on any atom is -0.461 e. The first-order valence-corrected chi connectivity index (χ1v) is 5.92. The largest absolute Gasteiger partial charge is 0.461 e. The van der Waals surface area contributed by atoms with E-state index in [0.29, 0.717) is 5.95 Å². The van der Waals surface area contributed by atoms with Crippen molar-refractivity contribution >= 4 is 11.9 Å². The molecule has 0 fully saturated rings. The SMILES string of the molecule is CCCCN(C)c1nc(N)nc(OC(C)C)n1. The van der Waals surface area contributed by atoms with E-state index in [2.05, 4.69) is 21.9 Å². The molecule has 96 valence electrons. The van der Waals surface area contributed by atoms with Crippen molar-refractivity contribution in [3.63, 3.8) is 0 Å². The second-order valence-electron chi connectivity index (χ2n) is 4.22. The molecule has 1 aromatic rings. The van der Waals surface area contributed by atoms with Gasteiger partial charge in [-0.3, -0.25) is 0 Å². The number of nitrogen functional groups attached to an aromatic ring is 1. The van der Waals surface area contributed by atoms with Gasteiger partial charge in [0.15, 0.2) is 0 Å². The van der Waals surface area contributed by atoms with Crippen LogP contribution < -0.4 is 15.4 Å². The summed E-state index contributed by atoms with van der Waals surface area (Å²) >= 11 is 0. The molecule has 1 aromatic heterocycles. The molecular weight excluding hydrogens is 218 g/mol. The zero-order valence-electron chi connectivity index (χ0n) is 11.0. The predicted molar refractivity (Wildman–Crippen MR) is 68.2 cm³/mol. The number of nitrogens with zero attached hydrogens (tertiary/aromatic N) is 4. The van der Waals surface area contributed by atoms with E-state index in [1.165, 1.54) is 0 Å². The van der Waals surface area contributed by atoms with Crippen LogP contribution in [0, 0.1) is 0 Å². The van der Waals surface area contributed by atoms with Gasteiger partial charge in [-0.05, 0) is 20.3 Å². The first kappa shape index (κ1) is 13.5. The molecule has 0 aliphatic rings. The Morgan fingerprint density at radius 2 is 2.00 bits per heavy atom. The number of nitrogens with two attached hydrogens (primary N) is 1. The van der Waals surface area contributed by atoms with Gasteiger partial charge >= 0.3 is 6.01 Å². The zero-order valence-corrected chi connectivity index (χ0v) is 11.0. The van der Waals surface area contributed by atoms with Gasteiger partial charge in [-0.1, -0.05) is 13.3 Å². The minimum absolute atomic E-state index is 0.0191. The van der Waals surface area contributed by atoms with Crippen molar-refractivity contribution in [1.29, 1.82) is 0 Å². The van der Waals surface area contributed by atoms with Gasteiger partial charge in [0.25, 0.3) is 0 Å². The van der Waals surface area contributed by atoms with E-state index in [-0.39, 0.29) is 18.1 Å². The molecule has 0 radical (unpaired) electrons. The van der Waals surface area contributed by atoms with Crippen molar-refractivity contribution < 1.29 is 4.74 Å². The van der Waals surface area contributed by atoms with Gasteiger partial charge in [0.2, 0.25) is 11.9 Å². The molecule has 6 nitrogen and oxygen atoms in total. The summed E-state index contributed by atoms with van der Waals surface area (Å²) in [7, 11) is 1.93. The molecule has 0 spiro atoms. The van der Waals surface area contributed by atoms with Gasteiger partial charge in [-0.25, -0.2) is 0 Å². The molecule has 0 amide bonds. The van der Waals surface area contributed by atoms with Crippen molar-refractivity contribution in [2.24, 2.45) is 0 Å². The molecule has 0 saturated carbocycles. The maximum absolute atomic E-state index is 5.63. The molecular formula is C11H21N5O. The molecule has 0 atom stereocenters. The van der Waals surface area contributed by atoms with Gasteiger partial charge < -0.3 is 15.4 Å². The normalized spacial score (nSPS) is 10.6. The Hall–Kier alpha value is -1.59. The third-order valence-corrected chi connectivity index (χ3v) is 2.15. The number of hydrogen-bond acceptors (Lipinski definition) is 6. The highest BCUT2D eigenvalue weighted by Crippen LogP contribution is 2.13. The fourth-order valence-electron chi connectivity index (χ4n) is 1.29. The smallest absolute Gasteiger partial charge is 0.323 e. The highest BCUT2D eigenvalue weighted by molar-refractivity contribution is 5.34. The van der Waals surface area contributed by atoms with E-state index in [1.807, 2.05) is 25.8 Å². The third-order valence-electron chi connectivity index (χ3n) is 2.15. The third kappa shape index (κ3) is 4.42. The van der Waals surface area contributed by atoms with Gasteiger partial charge in [-0.2, -0.15) is 15.0 Å². The van der Waals surface area contributed by atoms with Crippen LogP contribution in [0.15, 0.2) is 0 Å². The Labute approximate surface area is 102 Å².